The zero-order valence-corrected chi connectivity index (χ0v) is 27.9. The van der Waals surface area contributed by atoms with Gasteiger partial charge in [-0.25, -0.2) is 0 Å². The molecule has 0 heterocycles. The molecule has 0 aliphatic heterocycles. The number of nitrogens with one attached hydrogen (secondary N) is 1. The van der Waals surface area contributed by atoms with Crippen molar-refractivity contribution in [3.05, 3.63) is 24.3 Å². The summed E-state index contributed by atoms with van der Waals surface area (Å²) in [5.74, 6) is -0.160. The van der Waals surface area contributed by atoms with Crippen LogP contribution in [-0.2, 0) is 4.79 Å². The van der Waals surface area contributed by atoms with Crippen LogP contribution in [0.25, 0.3) is 0 Å². The Labute approximate surface area is 261 Å². The van der Waals surface area contributed by atoms with E-state index in [9.17, 15) is 20.1 Å². The molecule has 0 aromatic heterocycles. The van der Waals surface area contributed by atoms with Crippen molar-refractivity contribution < 1.29 is 20.1 Å². The van der Waals surface area contributed by atoms with Gasteiger partial charge in [0, 0.05) is 6.42 Å². The summed E-state index contributed by atoms with van der Waals surface area (Å²) in [5, 5.41) is 33.3. The highest BCUT2D eigenvalue weighted by molar-refractivity contribution is 5.76. The fraction of sp³-hybridized carbons (Fsp3) is 0.865. The quantitative estimate of drug-likeness (QED) is 0.0462. The highest BCUT2D eigenvalue weighted by Gasteiger charge is 2.26. The lowest BCUT2D eigenvalue weighted by Gasteiger charge is -2.26. The van der Waals surface area contributed by atoms with Crippen LogP contribution in [0.1, 0.15) is 181 Å². The summed E-state index contributed by atoms with van der Waals surface area (Å²) in [6.07, 6.45) is 36.9. The zero-order valence-electron chi connectivity index (χ0n) is 27.9. The largest absolute Gasteiger partial charge is 0.394 e. The second-order valence-corrected chi connectivity index (χ2v) is 12.4. The van der Waals surface area contributed by atoms with Crippen LogP contribution in [-0.4, -0.2) is 46.1 Å². The molecule has 5 heteroatoms. The first-order valence-electron chi connectivity index (χ1n) is 18.1. The monoisotopic (exact) mass is 594 g/mol. The maximum Gasteiger partial charge on any atom is 0.220 e. The van der Waals surface area contributed by atoms with Gasteiger partial charge in [-0.15, -0.1) is 0 Å². The van der Waals surface area contributed by atoms with E-state index in [0.717, 1.165) is 44.9 Å². The predicted molar refractivity (Wildman–Crippen MR) is 181 cm³/mol. The van der Waals surface area contributed by atoms with E-state index in [2.05, 4.69) is 43.5 Å². The minimum absolute atomic E-state index is 0.160. The van der Waals surface area contributed by atoms with E-state index in [1.165, 1.54) is 109 Å². The van der Waals surface area contributed by atoms with Crippen molar-refractivity contribution in [2.75, 3.05) is 6.61 Å². The highest BCUT2D eigenvalue weighted by atomic mass is 16.3. The van der Waals surface area contributed by atoms with Crippen LogP contribution in [0.15, 0.2) is 24.3 Å². The average Bonchev–Trinajstić information content (AvgIpc) is 2.99. The van der Waals surface area contributed by atoms with Crippen molar-refractivity contribution in [2.24, 2.45) is 0 Å². The van der Waals surface area contributed by atoms with Crippen molar-refractivity contribution in [2.45, 2.75) is 199 Å². The molecule has 0 aromatic rings. The Hall–Kier alpha value is -1.17. The minimum Gasteiger partial charge on any atom is -0.394 e. The van der Waals surface area contributed by atoms with Crippen molar-refractivity contribution in [1.82, 2.24) is 5.32 Å². The molecule has 4 N–H and O–H groups in total. The number of amides is 1. The lowest BCUT2D eigenvalue weighted by Crippen LogP contribution is -2.50. The molecule has 0 aliphatic rings. The smallest absolute Gasteiger partial charge is 0.220 e. The van der Waals surface area contributed by atoms with Gasteiger partial charge in [-0.2, -0.15) is 0 Å². The molecule has 0 spiro atoms. The zero-order chi connectivity index (χ0) is 30.9. The fourth-order valence-corrected chi connectivity index (χ4v) is 5.41. The van der Waals surface area contributed by atoms with E-state index in [4.69, 9.17) is 0 Å². The van der Waals surface area contributed by atoms with E-state index < -0.39 is 18.2 Å². The molecule has 0 saturated carbocycles. The Morgan fingerprint density at radius 2 is 0.976 bits per heavy atom. The van der Waals surface area contributed by atoms with Crippen LogP contribution < -0.4 is 5.32 Å². The molecule has 3 unspecified atom stereocenters. The SMILES string of the molecule is CCCCCCC/C=C/CC/C=C/CCCC(O)C(O)C(CO)NC(=O)CCCCCCCCCCCCCCCC. The lowest BCUT2D eigenvalue weighted by atomic mass is 10.0. The summed E-state index contributed by atoms with van der Waals surface area (Å²) in [4.78, 5) is 12.3. The van der Waals surface area contributed by atoms with E-state index in [1.807, 2.05) is 0 Å². The summed E-state index contributed by atoms with van der Waals surface area (Å²) in [6, 6.07) is -0.826. The summed E-state index contributed by atoms with van der Waals surface area (Å²) in [6.45, 7) is 4.13. The molecule has 0 aromatic carbocycles. The van der Waals surface area contributed by atoms with Crippen molar-refractivity contribution in [1.29, 1.82) is 0 Å². The van der Waals surface area contributed by atoms with Gasteiger partial charge in [0.1, 0.15) is 6.10 Å². The molecular formula is C37H71NO4. The van der Waals surface area contributed by atoms with Crippen molar-refractivity contribution in [3.63, 3.8) is 0 Å². The van der Waals surface area contributed by atoms with Crippen LogP contribution in [0.5, 0.6) is 0 Å². The van der Waals surface area contributed by atoms with Crippen LogP contribution in [0.4, 0.5) is 0 Å². The summed E-state index contributed by atoms with van der Waals surface area (Å²) in [7, 11) is 0. The van der Waals surface area contributed by atoms with Crippen LogP contribution in [0.2, 0.25) is 0 Å². The summed E-state index contributed by atoms with van der Waals surface area (Å²) < 4.78 is 0. The number of aliphatic hydroxyl groups excluding tert-OH is 3. The molecule has 248 valence electrons. The number of carbonyl (C=O) groups excluding carboxylic acids is 1. The van der Waals surface area contributed by atoms with Gasteiger partial charge in [0.15, 0.2) is 0 Å². The normalized spacial score (nSPS) is 14.1. The van der Waals surface area contributed by atoms with Crippen LogP contribution in [0.3, 0.4) is 0 Å². The number of hydrogen-bond acceptors (Lipinski definition) is 4. The van der Waals surface area contributed by atoms with Gasteiger partial charge in [-0.3, -0.25) is 4.79 Å². The number of carbonyl (C=O) groups is 1. The second kappa shape index (κ2) is 32.7. The van der Waals surface area contributed by atoms with Gasteiger partial charge >= 0.3 is 0 Å². The highest BCUT2D eigenvalue weighted by Crippen LogP contribution is 2.14. The van der Waals surface area contributed by atoms with Crippen LogP contribution >= 0.6 is 0 Å². The summed E-state index contributed by atoms with van der Waals surface area (Å²) >= 11 is 0. The molecule has 0 aliphatic carbocycles. The molecule has 0 rings (SSSR count). The third kappa shape index (κ3) is 27.7. The molecule has 0 fully saturated rings. The van der Waals surface area contributed by atoms with Crippen LogP contribution in [0, 0.1) is 0 Å². The average molecular weight is 594 g/mol. The number of unbranched alkanes of at least 4 members (excludes halogenated alkanes) is 20. The molecule has 3 atom stereocenters. The third-order valence-corrected chi connectivity index (χ3v) is 8.29. The van der Waals surface area contributed by atoms with E-state index >= 15 is 0 Å². The first-order chi connectivity index (χ1) is 20.6. The standard InChI is InChI=1S/C37H71NO4/c1-3-5-7-9-11-13-15-17-19-21-23-25-27-29-31-35(40)37(42)34(33-39)38-36(41)32-30-28-26-24-22-20-18-16-14-12-10-8-6-4-2/h15,17,23,25,34-35,37,39-40,42H,3-14,16,18-22,24,26-33H2,1-2H3,(H,38,41)/b17-15+,25-23+. The molecule has 1 amide bonds. The molecule has 42 heavy (non-hydrogen) atoms. The Bertz CT molecular complexity index is 621. The number of hydrogen-bond donors (Lipinski definition) is 4. The number of allylic oxidation sites excluding steroid dienone is 4. The first-order valence-corrected chi connectivity index (χ1v) is 18.1. The summed E-state index contributed by atoms with van der Waals surface area (Å²) in [5.41, 5.74) is 0. The maximum absolute atomic E-state index is 12.3. The Morgan fingerprint density at radius 3 is 1.45 bits per heavy atom. The fourth-order valence-electron chi connectivity index (χ4n) is 5.41. The Morgan fingerprint density at radius 1 is 0.571 bits per heavy atom. The first kappa shape index (κ1) is 40.8. The topological polar surface area (TPSA) is 89.8 Å². The Kier molecular flexibility index (Phi) is 31.8. The molecule has 0 bridgehead atoms. The van der Waals surface area contributed by atoms with E-state index in [1.54, 1.807) is 0 Å². The third-order valence-electron chi connectivity index (χ3n) is 8.29. The maximum atomic E-state index is 12.3. The van der Waals surface area contributed by atoms with Gasteiger partial charge in [-0.1, -0.05) is 147 Å². The number of aliphatic hydroxyl groups is 3. The minimum atomic E-state index is -1.16. The van der Waals surface area contributed by atoms with Crippen molar-refractivity contribution in [3.8, 4) is 0 Å². The van der Waals surface area contributed by atoms with E-state index in [-0.39, 0.29) is 12.5 Å². The molecule has 5 nitrogen and oxygen atoms in total. The lowest BCUT2D eigenvalue weighted by molar-refractivity contribution is -0.124. The van der Waals surface area contributed by atoms with E-state index in [0.29, 0.717) is 12.8 Å². The van der Waals surface area contributed by atoms with Gasteiger partial charge < -0.3 is 20.6 Å². The Balaban J connectivity index is 3.77. The van der Waals surface area contributed by atoms with Gasteiger partial charge in [0.2, 0.25) is 5.91 Å². The molecule has 0 radical (unpaired) electrons. The van der Waals surface area contributed by atoms with Gasteiger partial charge in [0.05, 0.1) is 18.8 Å². The molecular weight excluding hydrogens is 522 g/mol. The van der Waals surface area contributed by atoms with Gasteiger partial charge in [0.25, 0.3) is 0 Å². The predicted octanol–water partition coefficient (Wildman–Crippen LogP) is 9.48. The molecule has 0 saturated heterocycles. The van der Waals surface area contributed by atoms with Crippen molar-refractivity contribution >= 4 is 5.91 Å². The second-order valence-electron chi connectivity index (χ2n) is 12.4. The number of rotatable bonds is 32. The van der Waals surface area contributed by atoms with Gasteiger partial charge in [-0.05, 0) is 51.4 Å².